The van der Waals surface area contributed by atoms with E-state index in [1.807, 2.05) is 68.4 Å². The average molecular weight is 494 g/mol. The number of aryl methyl sites for hydroxylation is 2. The van der Waals surface area contributed by atoms with Gasteiger partial charge in [0.15, 0.2) is 5.75 Å². The van der Waals surface area contributed by atoms with E-state index in [-0.39, 0.29) is 12.3 Å². The van der Waals surface area contributed by atoms with E-state index in [2.05, 4.69) is 0 Å². The number of carboxylic acid groups (broad SMARTS) is 1. The normalized spacial score (nSPS) is 10.8. The fraction of sp³-hybridized carbons (Fsp3) is 0.240. The first-order valence-corrected chi connectivity index (χ1v) is 10.6. The van der Waals surface area contributed by atoms with Crippen molar-refractivity contribution in [1.29, 1.82) is 0 Å². The quantitative estimate of drug-likeness (QED) is 0.369. The molecule has 9 heteroatoms. The Kier molecular flexibility index (Phi) is 9.62. The van der Waals surface area contributed by atoms with Crippen LogP contribution in [0, 0.1) is 13.8 Å². The fourth-order valence-corrected chi connectivity index (χ4v) is 3.19. The number of hydrogen-bond acceptors (Lipinski definition) is 4. The van der Waals surface area contributed by atoms with Gasteiger partial charge in [0.1, 0.15) is 12.6 Å². The second kappa shape index (κ2) is 12.2. The largest absolute Gasteiger partial charge is 0.542 e. The van der Waals surface area contributed by atoms with E-state index >= 15 is 0 Å². The Hall–Kier alpha value is -3.39. The van der Waals surface area contributed by atoms with Gasteiger partial charge in [-0.15, -0.1) is 0 Å². The smallest absolute Gasteiger partial charge is 0.430 e. The highest BCUT2D eigenvalue weighted by atomic mass is 35.5. The fourth-order valence-electron chi connectivity index (χ4n) is 3.02. The van der Waals surface area contributed by atoms with Crippen LogP contribution in [0.3, 0.4) is 0 Å². The number of Topliss-reactive ketones (excluding diaryl/α,β-unsaturated/α-hetero) is 1. The number of ether oxygens (including phenoxy) is 1. The number of pyridine rings is 1. The molecule has 180 valence electrons. The molecule has 34 heavy (non-hydrogen) atoms. The highest BCUT2D eigenvalue weighted by Gasteiger charge is 2.28. The zero-order valence-electron chi connectivity index (χ0n) is 18.6. The number of rotatable bonds is 7. The Bertz CT molecular complexity index is 1110. The van der Waals surface area contributed by atoms with Crippen molar-refractivity contribution in [2.75, 3.05) is 0 Å². The van der Waals surface area contributed by atoms with Crippen LogP contribution in [-0.2, 0) is 29.2 Å². The van der Waals surface area contributed by atoms with Gasteiger partial charge in [-0.3, -0.25) is 4.79 Å². The van der Waals surface area contributed by atoms with Crippen LogP contribution in [0.25, 0.3) is 0 Å². The van der Waals surface area contributed by atoms with E-state index in [0.717, 1.165) is 22.3 Å². The van der Waals surface area contributed by atoms with Crippen molar-refractivity contribution in [3.05, 3.63) is 94.3 Å². The summed E-state index contributed by atoms with van der Waals surface area (Å²) >= 11 is 6.28. The lowest BCUT2D eigenvalue weighted by Crippen LogP contribution is -2.39. The van der Waals surface area contributed by atoms with Crippen LogP contribution in [0.1, 0.15) is 22.3 Å². The SMILES string of the molecule is Cc1cccc(C)c1CC(=O)C[n+]1cc(OCc2ccccc2)ccc1Cl.O=C([O-])C(F)(F)F. The lowest BCUT2D eigenvalue weighted by molar-refractivity contribution is -0.682. The highest BCUT2D eigenvalue weighted by molar-refractivity contribution is 6.28. The van der Waals surface area contributed by atoms with E-state index in [4.69, 9.17) is 26.2 Å². The minimum absolute atomic E-state index is 0.111. The van der Waals surface area contributed by atoms with Crippen molar-refractivity contribution < 1.29 is 37.2 Å². The number of hydrogen-bond donors (Lipinski definition) is 0. The molecule has 0 unspecified atom stereocenters. The van der Waals surface area contributed by atoms with E-state index in [0.29, 0.717) is 23.9 Å². The summed E-state index contributed by atoms with van der Waals surface area (Å²) in [4.78, 5) is 21.4. The molecule has 0 saturated carbocycles. The number of halogens is 4. The molecular weight excluding hydrogens is 471 g/mol. The minimum atomic E-state index is -5.19. The van der Waals surface area contributed by atoms with Crippen molar-refractivity contribution in [2.45, 2.75) is 39.6 Å². The molecule has 0 saturated heterocycles. The van der Waals surface area contributed by atoms with Crippen LogP contribution in [-0.4, -0.2) is 17.9 Å². The van der Waals surface area contributed by atoms with Gasteiger partial charge in [-0.05, 0) is 53.8 Å². The van der Waals surface area contributed by atoms with Gasteiger partial charge in [0.25, 0.3) is 5.15 Å². The molecule has 5 nitrogen and oxygen atoms in total. The summed E-state index contributed by atoms with van der Waals surface area (Å²) < 4.78 is 39.1. The number of benzene rings is 2. The maximum absolute atomic E-state index is 12.6. The van der Waals surface area contributed by atoms with Crippen LogP contribution in [0.5, 0.6) is 5.75 Å². The molecular formula is C25H23ClF3NO4. The summed E-state index contributed by atoms with van der Waals surface area (Å²) in [6.45, 7) is 4.76. The molecule has 0 atom stereocenters. The summed E-state index contributed by atoms with van der Waals surface area (Å²) in [5.74, 6) is -2.21. The molecule has 0 aliphatic rings. The van der Waals surface area contributed by atoms with Crippen molar-refractivity contribution >= 4 is 23.4 Å². The third-order valence-corrected chi connectivity index (χ3v) is 5.13. The van der Waals surface area contributed by atoms with Crippen molar-refractivity contribution in [3.8, 4) is 5.75 Å². The number of carboxylic acids is 1. The molecule has 0 bridgehead atoms. The van der Waals surface area contributed by atoms with Gasteiger partial charge in [0.2, 0.25) is 18.5 Å². The lowest BCUT2D eigenvalue weighted by atomic mass is 9.98. The number of carbonyl (C=O) groups excluding carboxylic acids is 2. The monoisotopic (exact) mass is 493 g/mol. The second-order valence-corrected chi connectivity index (χ2v) is 7.85. The number of nitrogens with zero attached hydrogens (tertiary/aromatic N) is 1. The zero-order valence-corrected chi connectivity index (χ0v) is 19.3. The lowest BCUT2D eigenvalue weighted by Gasteiger charge is -2.09. The third-order valence-electron chi connectivity index (χ3n) is 4.79. The molecule has 3 aromatic rings. The van der Waals surface area contributed by atoms with Crippen molar-refractivity contribution in [1.82, 2.24) is 0 Å². The molecule has 0 amide bonds. The second-order valence-electron chi connectivity index (χ2n) is 7.46. The Morgan fingerprint density at radius 1 is 0.971 bits per heavy atom. The van der Waals surface area contributed by atoms with Gasteiger partial charge in [-0.25, -0.2) is 0 Å². The molecule has 1 heterocycles. The number of ketones is 1. The Morgan fingerprint density at radius 2 is 1.56 bits per heavy atom. The number of aliphatic carboxylic acids is 1. The predicted octanol–water partition coefficient (Wildman–Crippen LogP) is 3.93. The molecule has 0 spiro atoms. The predicted molar refractivity (Wildman–Crippen MR) is 118 cm³/mol. The zero-order chi connectivity index (χ0) is 25.3. The van der Waals surface area contributed by atoms with Crippen molar-refractivity contribution in [2.24, 2.45) is 0 Å². The van der Waals surface area contributed by atoms with E-state index in [1.54, 1.807) is 16.8 Å². The van der Waals surface area contributed by atoms with Crippen LogP contribution in [0.15, 0.2) is 66.9 Å². The molecule has 1 aromatic heterocycles. The van der Waals surface area contributed by atoms with Gasteiger partial charge >= 0.3 is 6.18 Å². The summed E-state index contributed by atoms with van der Waals surface area (Å²) in [6.07, 6.45) is -3.01. The first kappa shape index (κ1) is 26.9. The van der Waals surface area contributed by atoms with Crippen LogP contribution < -0.4 is 14.4 Å². The number of alkyl halides is 3. The Balaban J connectivity index is 0.000000509. The van der Waals surface area contributed by atoms with Crippen LogP contribution >= 0.6 is 11.6 Å². The Morgan fingerprint density at radius 3 is 2.12 bits per heavy atom. The maximum atomic E-state index is 12.6. The molecule has 0 radical (unpaired) electrons. The summed E-state index contributed by atoms with van der Waals surface area (Å²) in [5, 5.41) is 9.30. The molecule has 0 N–H and O–H groups in total. The average Bonchev–Trinajstić information content (AvgIpc) is 2.77. The number of aromatic nitrogens is 1. The Labute approximate surface area is 200 Å². The number of carbonyl (C=O) groups is 2. The topological polar surface area (TPSA) is 70.3 Å². The van der Waals surface area contributed by atoms with E-state index in [9.17, 15) is 18.0 Å². The van der Waals surface area contributed by atoms with Gasteiger partial charge in [-0.2, -0.15) is 17.7 Å². The molecule has 0 fully saturated rings. The van der Waals surface area contributed by atoms with Crippen LogP contribution in [0.2, 0.25) is 5.15 Å². The van der Waals surface area contributed by atoms with Gasteiger partial charge < -0.3 is 14.6 Å². The summed E-state index contributed by atoms with van der Waals surface area (Å²) in [5.41, 5.74) is 4.46. The van der Waals surface area contributed by atoms with Gasteiger partial charge in [-0.1, -0.05) is 48.5 Å². The highest BCUT2D eigenvalue weighted by Crippen LogP contribution is 2.16. The summed E-state index contributed by atoms with van der Waals surface area (Å²) in [7, 11) is 0. The van der Waals surface area contributed by atoms with Crippen LogP contribution in [0.4, 0.5) is 13.2 Å². The van der Waals surface area contributed by atoms with Gasteiger partial charge in [0.05, 0.1) is 0 Å². The molecule has 3 rings (SSSR count). The molecule has 0 aliphatic heterocycles. The van der Waals surface area contributed by atoms with Crippen molar-refractivity contribution in [3.63, 3.8) is 0 Å². The first-order valence-electron chi connectivity index (χ1n) is 10.2. The molecule has 2 aromatic carbocycles. The molecule has 0 aliphatic carbocycles. The van der Waals surface area contributed by atoms with E-state index in [1.165, 1.54) is 0 Å². The van der Waals surface area contributed by atoms with E-state index < -0.39 is 12.1 Å². The summed E-state index contributed by atoms with van der Waals surface area (Å²) in [6, 6.07) is 19.6. The maximum Gasteiger partial charge on any atom is 0.430 e. The minimum Gasteiger partial charge on any atom is -0.542 e. The third kappa shape index (κ3) is 8.51. The standard InChI is InChI=1S/C23H23ClNO2.C2HF3O2/c1-17-7-6-8-18(2)22(17)13-20(26)14-25-15-21(11-12-23(25)24)27-16-19-9-4-3-5-10-19;3-2(4,5)1(6)7/h3-12,15H,13-14,16H2,1-2H3;(H,6,7)/q+1;/p-1. The first-order chi connectivity index (χ1) is 16.0. The van der Waals surface area contributed by atoms with Gasteiger partial charge in [0, 0.05) is 12.5 Å².